The molecule has 0 radical (unpaired) electrons. The molecule has 0 bridgehead atoms. The Morgan fingerprint density at radius 3 is 2.51 bits per heavy atom. The number of ether oxygens (including phenoxy) is 1. The number of carbonyl (C=O) groups excluding carboxylic acids is 2. The minimum atomic E-state index is -0.546. The summed E-state index contributed by atoms with van der Waals surface area (Å²) in [5.41, 5.74) is 4.70. The number of nitriles is 1. The number of benzene rings is 2. The van der Waals surface area contributed by atoms with Crippen molar-refractivity contribution in [1.82, 2.24) is 14.7 Å². The molecule has 4 rings (SSSR count). The zero-order chi connectivity index (χ0) is 26.5. The maximum Gasteiger partial charge on any atom is 0.271 e. The Morgan fingerprint density at radius 1 is 1.11 bits per heavy atom. The van der Waals surface area contributed by atoms with Crippen LogP contribution in [0.1, 0.15) is 31.4 Å². The molecule has 1 aromatic heterocycles. The highest BCUT2D eigenvalue weighted by molar-refractivity contribution is 6.19. The molecule has 0 atom stereocenters. The van der Waals surface area contributed by atoms with Crippen LogP contribution in [-0.4, -0.2) is 39.6 Å². The lowest BCUT2D eigenvalue weighted by Gasteiger charge is -2.27. The van der Waals surface area contributed by atoms with Gasteiger partial charge in [0.05, 0.1) is 5.69 Å². The van der Waals surface area contributed by atoms with Gasteiger partial charge in [-0.05, 0) is 67.8 Å². The van der Waals surface area contributed by atoms with E-state index in [0.29, 0.717) is 35.4 Å². The highest BCUT2D eigenvalue weighted by atomic mass is 16.5. The molecule has 0 spiro atoms. The Labute approximate surface area is 216 Å². The molecule has 0 aliphatic carbocycles. The van der Waals surface area contributed by atoms with Gasteiger partial charge < -0.3 is 4.74 Å². The zero-order valence-corrected chi connectivity index (χ0v) is 21.2. The van der Waals surface area contributed by atoms with Crippen LogP contribution in [0, 0.1) is 18.3 Å². The summed E-state index contributed by atoms with van der Waals surface area (Å²) < 4.78 is 7.44. The second-order valence-electron chi connectivity index (χ2n) is 8.72. The first-order chi connectivity index (χ1) is 17.9. The molecule has 2 aromatic carbocycles. The number of amides is 2. The summed E-state index contributed by atoms with van der Waals surface area (Å²) in [5.74, 6) is -0.237. The highest BCUT2D eigenvalue weighted by Crippen LogP contribution is 2.33. The fourth-order valence-electron chi connectivity index (χ4n) is 4.27. The van der Waals surface area contributed by atoms with Gasteiger partial charge in [0.2, 0.25) is 0 Å². The van der Waals surface area contributed by atoms with Crippen LogP contribution in [-0.2, 0) is 9.59 Å². The summed E-state index contributed by atoms with van der Waals surface area (Å²) in [6.07, 6.45) is 5.87. The lowest BCUT2D eigenvalue weighted by atomic mass is 9.92. The molecule has 186 valence electrons. The van der Waals surface area contributed by atoms with E-state index >= 15 is 0 Å². The van der Waals surface area contributed by atoms with Crippen LogP contribution < -0.4 is 4.74 Å². The van der Waals surface area contributed by atoms with E-state index in [1.165, 1.54) is 0 Å². The average molecular weight is 493 g/mol. The van der Waals surface area contributed by atoms with Crippen molar-refractivity contribution in [3.63, 3.8) is 0 Å². The molecule has 3 aromatic rings. The predicted octanol–water partition coefficient (Wildman–Crippen LogP) is 5.41. The SMILES string of the molecule is C=CCOc1ccc(-c2nn(-c3ccccc3)cc2C=C2C(=O)N(CCC)C(=O)C(C#N)=C2C)c(C)c1. The van der Waals surface area contributed by atoms with E-state index in [1.54, 1.807) is 23.8 Å². The Kier molecular flexibility index (Phi) is 7.49. The molecule has 0 N–H and O–H groups in total. The third-order valence-electron chi connectivity index (χ3n) is 6.16. The second-order valence-corrected chi connectivity index (χ2v) is 8.72. The van der Waals surface area contributed by atoms with Gasteiger partial charge in [0, 0.05) is 29.4 Å². The van der Waals surface area contributed by atoms with Crippen LogP contribution in [0.25, 0.3) is 23.0 Å². The van der Waals surface area contributed by atoms with E-state index < -0.39 is 11.8 Å². The van der Waals surface area contributed by atoms with Gasteiger partial charge in [-0.25, -0.2) is 4.68 Å². The van der Waals surface area contributed by atoms with Crippen LogP contribution in [0.2, 0.25) is 0 Å². The van der Waals surface area contributed by atoms with Crippen LogP contribution >= 0.6 is 0 Å². The van der Waals surface area contributed by atoms with Gasteiger partial charge in [-0.1, -0.05) is 37.8 Å². The van der Waals surface area contributed by atoms with Gasteiger partial charge in [0.15, 0.2) is 0 Å². The van der Waals surface area contributed by atoms with Crippen molar-refractivity contribution < 1.29 is 14.3 Å². The van der Waals surface area contributed by atoms with Crippen molar-refractivity contribution in [3.8, 4) is 28.8 Å². The third-order valence-corrected chi connectivity index (χ3v) is 6.16. The highest BCUT2D eigenvalue weighted by Gasteiger charge is 2.35. The molecule has 37 heavy (non-hydrogen) atoms. The number of imide groups is 1. The topological polar surface area (TPSA) is 88.2 Å². The Balaban J connectivity index is 1.90. The van der Waals surface area contributed by atoms with Crippen molar-refractivity contribution in [2.24, 2.45) is 0 Å². The average Bonchev–Trinajstić information content (AvgIpc) is 3.32. The van der Waals surface area contributed by atoms with E-state index in [2.05, 4.69) is 6.58 Å². The fraction of sp³-hybridized carbons (Fsp3) is 0.200. The van der Waals surface area contributed by atoms with Crippen molar-refractivity contribution in [3.05, 3.63) is 95.2 Å². The molecule has 7 nitrogen and oxygen atoms in total. The van der Waals surface area contributed by atoms with Crippen LogP contribution in [0.4, 0.5) is 0 Å². The van der Waals surface area contributed by atoms with Crippen molar-refractivity contribution in [2.75, 3.05) is 13.2 Å². The van der Waals surface area contributed by atoms with Gasteiger partial charge in [-0.3, -0.25) is 14.5 Å². The van der Waals surface area contributed by atoms with Gasteiger partial charge in [0.25, 0.3) is 11.8 Å². The van der Waals surface area contributed by atoms with E-state index in [4.69, 9.17) is 9.84 Å². The third kappa shape index (κ3) is 5.00. The number of hydrogen-bond donors (Lipinski definition) is 0. The van der Waals surface area contributed by atoms with E-state index in [0.717, 1.165) is 27.5 Å². The van der Waals surface area contributed by atoms with Crippen molar-refractivity contribution in [2.45, 2.75) is 27.2 Å². The van der Waals surface area contributed by atoms with Crippen molar-refractivity contribution in [1.29, 1.82) is 5.26 Å². The first-order valence-electron chi connectivity index (χ1n) is 12.1. The van der Waals surface area contributed by atoms with Gasteiger partial charge in [0.1, 0.15) is 29.7 Å². The number of para-hydroxylation sites is 1. The maximum absolute atomic E-state index is 13.4. The summed E-state index contributed by atoms with van der Waals surface area (Å²) in [5, 5.41) is 14.5. The monoisotopic (exact) mass is 492 g/mol. The fourth-order valence-corrected chi connectivity index (χ4v) is 4.27. The zero-order valence-electron chi connectivity index (χ0n) is 21.2. The minimum Gasteiger partial charge on any atom is -0.490 e. The van der Waals surface area contributed by atoms with E-state index in [9.17, 15) is 14.9 Å². The summed E-state index contributed by atoms with van der Waals surface area (Å²) in [4.78, 5) is 27.3. The normalized spacial score (nSPS) is 14.8. The molecule has 1 aliphatic rings. The number of rotatable bonds is 8. The molecule has 2 heterocycles. The summed E-state index contributed by atoms with van der Waals surface area (Å²) >= 11 is 0. The van der Waals surface area contributed by atoms with Gasteiger partial charge >= 0.3 is 0 Å². The predicted molar refractivity (Wildman–Crippen MR) is 143 cm³/mol. The molecular formula is C30H28N4O3. The second kappa shape index (κ2) is 10.9. The lowest BCUT2D eigenvalue weighted by molar-refractivity contribution is -0.140. The standard InChI is InChI=1S/C30H28N4O3/c1-5-14-33-29(35)26(21(4)27(18-31)30(33)36)17-22-19-34(23-10-8-7-9-11-23)32-28(22)25-13-12-24(16-20(25)3)37-15-6-2/h6-13,16-17,19H,2,5,14-15H2,1,3-4H3. The summed E-state index contributed by atoms with van der Waals surface area (Å²) in [6.45, 7) is 9.83. The van der Waals surface area contributed by atoms with E-state index in [1.807, 2.05) is 74.6 Å². The first-order valence-corrected chi connectivity index (χ1v) is 12.1. The molecule has 1 aliphatic heterocycles. The van der Waals surface area contributed by atoms with Gasteiger partial charge in [-0.2, -0.15) is 10.4 Å². The quantitative estimate of drug-likeness (QED) is 0.238. The largest absolute Gasteiger partial charge is 0.490 e. The van der Waals surface area contributed by atoms with Crippen LogP contribution in [0.5, 0.6) is 5.75 Å². The molecule has 0 saturated carbocycles. The Bertz CT molecular complexity index is 1470. The summed E-state index contributed by atoms with van der Waals surface area (Å²) in [6, 6.07) is 17.4. The molecule has 0 saturated heterocycles. The maximum atomic E-state index is 13.4. The molecule has 0 fully saturated rings. The number of aromatic nitrogens is 2. The first kappa shape index (κ1) is 25.4. The Hall–Kier alpha value is -4.70. The lowest BCUT2D eigenvalue weighted by Crippen LogP contribution is -2.43. The summed E-state index contributed by atoms with van der Waals surface area (Å²) in [7, 11) is 0. The molecule has 2 amide bonds. The number of carbonyl (C=O) groups is 2. The Morgan fingerprint density at radius 2 is 1.86 bits per heavy atom. The number of nitrogens with zero attached hydrogens (tertiary/aromatic N) is 4. The molecule has 7 heteroatoms. The molecule has 0 unspecified atom stereocenters. The number of aryl methyl sites for hydroxylation is 1. The van der Waals surface area contributed by atoms with Crippen LogP contribution in [0.3, 0.4) is 0 Å². The molecular weight excluding hydrogens is 464 g/mol. The van der Waals surface area contributed by atoms with Crippen LogP contribution in [0.15, 0.2) is 84.1 Å². The van der Waals surface area contributed by atoms with E-state index in [-0.39, 0.29) is 12.1 Å². The minimum absolute atomic E-state index is 0.0174. The van der Waals surface area contributed by atoms with Crippen molar-refractivity contribution >= 4 is 17.9 Å². The van der Waals surface area contributed by atoms with Gasteiger partial charge in [-0.15, -0.1) is 0 Å². The smallest absolute Gasteiger partial charge is 0.271 e. The number of hydrogen-bond acceptors (Lipinski definition) is 5.